The molecule has 170 valence electrons. The zero-order chi connectivity index (χ0) is 22.6. The maximum atomic E-state index is 12.7. The highest BCUT2D eigenvalue weighted by atomic mass is 32.2. The van der Waals surface area contributed by atoms with Crippen LogP contribution in [0, 0.1) is 0 Å². The second-order valence-electron chi connectivity index (χ2n) is 7.96. The molecule has 0 radical (unpaired) electrons. The van der Waals surface area contributed by atoms with E-state index in [1.807, 2.05) is 17.0 Å². The molecule has 2 aromatic carbocycles. The molecule has 0 aliphatic carbocycles. The number of hydrogen-bond acceptors (Lipinski definition) is 5. The molecule has 2 aromatic rings. The summed E-state index contributed by atoms with van der Waals surface area (Å²) in [5, 5.41) is 2.86. The van der Waals surface area contributed by atoms with E-state index in [4.69, 9.17) is 4.74 Å². The van der Waals surface area contributed by atoms with Crippen LogP contribution in [-0.2, 0) is 32.6 Å². The third-order valence-electron chi connectivity index (χ3n) is 5.75. The molecule has 0 bridgehead atoms. The van der Waals surface area contributed by atoms with Crippen LogP contribution in [0.15, 0.2) is 53.4 Å². The number of rotatable bonds is 7. The topological polar surface area (TPSA) is 96.0 Å². The lowest BCUT2D eigenvalue weighted by Crippen LogP contribution is -2.40. The number of nitrogens with one attached hydrogen (secondary N) is 1. The van der Waals surface area contributed by atoms with E-state index in [1.165, 1.54) is 4.31 Å². The molecule has 32 heavy (non-hydrogen) atoms. The number of hydrogen-bond donors (Lipinski definition) is 1. The fraction of sp³-hybridized carbons (Fsp3) is 0.391. The fourth-order valence-corrected chi connectivity index (χ4v) is 5.26. The molecule has 8 nitrogen and oxygen atoms in total. The van der Waals surface area contributed by atoms with Gasteiger partial charge in [-0.25, -0.2) is 8.42 Å². The smallest absolute Gasteiger partial charge is 0.251 e. The van der Waals surface area contributed by atoms with Crippen molar-refractivity contribution in [3.05, 3.63) is 65.2 Å². The lowest BCUT2D eigenvalue weighted by Gasteiger charge is -2.26. The molecule has 0 aromatic heterocycles. The summed E-state index contributed by atoms with van der Waals surface area (Å²) in [6.45, 7) is 3.16. The van der Waals surface area contributed by atoms with Crippen molar-refractivity contribution in [3.8, 4) is 0 Å². The van der Waals surface area contributed by atoms with E-state index in [1.54, 1.807) is 36.4 Å². The molecule has 0 atom stereocenters. The Balaban J connectivity index is 1.31. The molecule has 2 amide bonds. The first kappa shape index (κ1) is 22.4. The van der Waals surface area contributed by atoms with Crippen molar-refractivity contribution in [2.24, 2.45) is 0 Å². The van der Waals surface area contributed by atoms with E-state index >= 15 is 0 Å². The van der Waals surface area contributed by atoms with E-state index in [0.717, 1.165) is 24.1 Å². The molecular formula is C23H27N3O5S. The third-order valence-corrected chi connectivity index (χ3v) is 7.66. The van der Waals surface area contributed by atoms with Crippen molar-refractivity contribution in [1.82, 2.24) is 14.5 Å². The summed E-state index contributed by atoms with van der Waals surface area (Å²) in [6.07, 6.45) is 1.51. The average Bonchev–Trinajstić information content (AvgIpc) is 3.23. The molecule has 0 saturated carbocycles. The summed E-state index contributed by atoms with van der Waals surface area (Å²) < 4.78 is 32.0. The summed E-state index contributed by atoms with van der Waals surface area (Å²) >= 11 is 0. The van der Waals surface area contributed by atoms with Gasteiger partial charge in [-0.1, -0.05) is 24.3 Å². The first-order valence-electron chi connectivity index (χ1n) is 10.8. The van der Waals surface area contributed by atoms with E-state index in [0.29, 0.717) is 51.4 Å². The molecule has 1 N–H and O–H groups in total. The SMILES string of the molecule is O=C(NCc1ccc(S(=O)(=O)N2CCOCC2)cc1)c1ccc(CN2CCCC2=O)cc1. The van der Waals surface area contributed by atoms with Crippen LogP contribution in [0.1, 0.15) is 34.3 Å². The summed E-state index contributed by atoms with van der Waals surface area (Å²) in [6, 6.07) is 13.8. The van der Waals surface area contributed by atoms with Crippen LogP contribution in [0.3, 0.4) is 0 Å². The number of ether oxygens (including phenoxy) is 1. The lowest BCUT2D eigenvalue weighted by atomic mass is 10.1. The second kappa shape index (κ2) is 9.81. The van der Waals surface area contributed by atoms with Crippen molar-refractivity contribution in [2.45, 2.75) is 30.8 Å². The van der Waals surface area contributed by atoms with E-state index in [9.17, 15) is 18.0 Å². The highest BCUT2D eigenvalue weighted by molar-refractivity contribution is 7.89. The van der Waals surface area contributed by atoms with E-state index in [-0.39, 0.29) is 16.7 Å². The van der Waals surface area contributed by atoms with Crippen molar-refractivity contribution < 1.29 is 22.7 Å². The molecule has 0 spiro atoms. The number of morpholine rings is 1. The van der Waals surface area contributed by atoms with Gasteiger partial charge in [0.05, 0.1) is 18.1 Å². The van der Waals surface area contributed by atoms with Gasteiger partial charge in [0.1, 0.15) is 0 Å². The first-order valence-corrected chi connectivity index (χ1v) is 12.2. The number of amides is 2. The van der Waals surface area contributed by atoms with Crippen LogP contribution >= 0.6 is 0 Å². The maximum absolute atomic E-state index is 12.7. The van der Waals surface area contributed by atoms with Gasteiger partial charge in [0.2, 0.25) is 15.9 Å². The Morgan fingerprint density at radius 2 is 1.59 bits per heavy atom. The standard InChI is InChI=1S/C23H27N3O5S/c27-22-2-1-11-25(22)17-19-3-7-20(8-4-19)23(28)24-16-18-5-9-21(10-6-18)32(29,30)26-12-14-31-15-13-26/h3-10H,1-2,11-17H2,(H,24,28). The average molecular weight is 458 g/mol. The Hall–Kier alpha value is -2.75. The van der Waals surface area contributed by atoms with Crippen LogP contribution in [0.2, 0.25) is 0 Å². The van der Waals surface area contributed by atoms with Gasteiger partial charge in [-0.3, -0.25) is 9.59 Å². The fourth-order valence-electron chi connectivity index (χ4n) is 3.85. The van der Waals surface area contributed by atoms with Crippen molar-refractivity contribution in [2.75, 3.05) is 32.8 Å². The molecule has 0 unspecified atom stereocenters. The van der Waals surface area contributed by atoms with Crippen LogP contribution in [0.25, 0.3) is 0 Å². The Labute approximate surface area is 188 Å². The minimum atomic E-state index is -3.53. The number of benzene rings is 2. The highest BCUT2D eigenvalue weighted by Gasteiger charge is 2.26. The van der Waals surface area contributed by atoms with Gasteiger partial charge in [0.15, 0.2) is 0 Å². The largest absolute Gasteiger partial charge is 0.379 e. The Bertz CT molecular complexity index is 1060. The van der Waals surface area contributed by atoms with Gasteiger partial charge in [-0.05, 0) is 41.8 Å². The normalized spacial score (nSPS) is 17.5. The molecule has 9 heteroatoms. The zero-order valence-electron chi connectivity index (χ0n) is 17.8. The van der Waals surface area contributed by atoms with Crippen molar-refractivity contribution in [3.63, 3.8) is 0 Å². The predicted octanol–water partition coefficient (Wildman–Crippen LogP) is 1.76. The second-order valence-corrected chi connectivity index (χ2v) is 9.90. The molecule has 4 rings (SSSR count). The number of carbonyl (C=O) groups excluding carboxylic acids is 2. The van der Waals surface area contributed by atoms with Gasteiger partial charge in [0, 0.05) is 44.7 Å². The maximum Gasteiger partial charge on any atom is 0.251 e. The first-order chi connectivity index (χ1) is 15.4. The number of likely N-dealkylation sites (tertiary alicyclic amines) is 1. The zero-order valence-corrected chi connectivity index (χ0v) is 18.6. The van der Waals surface area contributed by atoms with Crippen molar-refractivity contribution in [1.29, 1.82) is 0 Å². The quantitative estimate of drug-likeness (QED) is 0.684. The molecule has 2 aliphatic rings. The molecule has 2 heterocycles. The third kappa shape index (κ3) is 5.17. The van der Waals surface area contributed by atoms with Gasteiger partial charge in [0.25, 0.3) is 5.91 Å². The molecular weight excluding hydrogens is 430 g/mol. The molecule has 2 fully saturated rings. The minimum absolute atomic E-state index is 0.176. The minimum Gasteiger partial charge on any atom is -0.379 e. The van der Waals surface area contributed by atoms with Gasteiger partial charge >= 0.3 is 0 Å². The van der Waals surface area contributed by atoms with Gasteiger partial charge < -0.3 is 15.0 Å². The van der Waals surface area contributed by atoms with E-state index < -0.39 is 10.0 Å². The highest BCUT2D eigenvalue weighted by Crippen LogP contribution is 2.18. The summed E-state index contributed by atoms with van der Waals surface area (Å²) in [5.41, 5.74) is 2.34. The lowest BCUT2D eigenvalue weighted by molar-refractivity contribution is -0.128. The number of sulfonamides is 1. The molecule has 2 saturated heterocycles. The molecule has 2 aliphatic heterocycles. The van der Waals surface area contributed by atoms with Gasteiger partial charge in [-0.15, -0.1) is 0 Å². The number of nitrogens with zero attached hydrogens (tertiary/aromatic N) is 2. The van der Waals surface area contributed by atoms with Gasteiger partial charge in [-0.2, -0.15) is 4.31 Å². The Morgan fingerprint density at radius 3 is 2.22 bits per heavy atom. The Kier molecular flexibility index (Phi) is 6.88. The summed E-state index contributed by atoms with van der Waals surface area (Å²) in [5.74, 6) is -0.0330. The number of carbonyl (C=O) groups is 2. The van der Waals surface area contributed by atoms with Crippen molar-refractivity contribution >= 4 is 21.8 Å². The van der Waals surface area contributed by atoms with Crippen LogP contribution in [0.4, 0.5) is 0 Å². The Morgan fingerprint density at radius 1 is 0.938 bits per heavy atom. The van der Waals surface area contributed by atoms with E-state index in [2.05, 4.69) is 5.32 Å². The van der Waals surface area contributed by atoms with Crippen LogP contribution in [-0.4, -0.2) is 62.3 Å². The summed E-state index contributed by atoms with van der Waals surface area (Å²) in [4.78, 5) is 26.3. The van der Waals surface area contributed by atoms with Crippen LogP contribution in [0.5, 0.6) is 0 Å². The monoisotopic (exact) mass is 457 g/mol. The predicted molar refractivity (Wildman–Crippen MR) is 118 cm³/mol. The summed E-state index contributed by atoms with van der Waals surface area (Å²) in [7, 11) is -3.53. The van der Waals surface area contributed by atoms with Crippen LogP contribution < -0.4 is 5.32 Å².